The molecule has 1 aliphatic rings. The van der Waals surface area contributed by atoms with Crippen molar-refractivity contribution in [1.29, 1.82) is 0 Å². The van der Waals surface area contributed by atoms with Gasteiger partial charge in [-0.3, -0.25) is 9.59 Å². The number of hydrogen-bond donors (Lipinski definition) is 1. The lowest BCUT2D eigenvalue weighted by Gasteiger charge is -2.32. The number of benzene rings is 2. The van der Waals surface area contributed by atoms with Gasteiger partial charge in [0.25, 0.3) is 5.91 Å². The number of rotatable bonds is 2. The Morgan fingerprint density at radius 1 is 1.03 bits per heavy atom. The van der Waals surface area contributed by atoms with Gasteiger partial charge in [0.2, 0.25) is 5.91 Å². The smallest absolute Gasteiger partial charge is 0.258 e. The molecule has 0 radical (unpaired) electrons. The summed E-state index contributed by atoms with van der Waals surface area (Å²) in [5.74, 6) is -0.454. The van der Waals surface area contributed by atoms with E-state index in [0.29, 0.717) is 24.2 Å². The zero-order valence-electron chi connectivity index (χ0n) is 19.0. The number of nitrogens with zero attached hydrogens (tertiary/aromatic N) is 1. The summed E-state index contributed by atoms with van der Waals surface area (Å²) in [6.45, 7) is 5.78. The molecular weight excluding hydrogens is 407 g/mol. The Hall–Kier alpha value is -3.15. The lowest BCUT2D eigenvalue weighted by atomic mass is 9.98. The van der Waals surface area contributed by atoms with E-state index in [4.69, 9.17) is 4.74 Å². The van der Waals surface area contributed by atoms with E-state index in [0.717, 1.165) is 5.56 Å². The maximum absolute atomic E-state index is 13.4. The predicted molar refractivity (Wildman–Crippen MR) is 123 cm³/mol. The lowest BCUT2D eigenvalue weighted by Crippen LogP contribution is -2.51. The van der Waals surface area contributed by atoms with Crippen LogP contribution in [0.4, 0.5) is 4.39 Å². The van der Waals surface area contributed by atoms with Gasteiger partial charge in [0, 0.05) is 13.5 Å². The maximum Gasteiger partial charge on any atom is 0.258 e. The molecule has 0 saturated heterocycles. The molecular formula is C26H31FN2O3. The maximum atomic E-state index is 13.4. The van der Waals surface area contributed by atoms with Crippen LogP contribution in [0.25, 0.3) is 0 Å². The van der Waals surface area contributed by atoms with Crippen molar-refractivity contribution in [2.24, 2.45) is 5.92 Å². The van der Waals surface area contributed by atoms with Gasteiger partial charge in [-0.25, -0.2) is 4.39 Å². The van der Waals surface area contributed by atoms with Crippen molar-refractivity contribution in [1.82, 2.24) is 10.2 Å². The molecule has 1 N–H and O–H groups in total. The van der Waals surface area contributed by atoms with Crippen LogP contribution in [0.1, 0.15) is 55.6 Å². The first-order valence-electron chi connectivity index (χ1n) is 11.0. The van der Waals surface area contributed by atoms with E-state index in [1.807, 2.05) is 39.0 Å². The van der Waals surface area contributed by atoms with Gasteiger partial charge in [-0.2, -0.15) is 0 Å². The summed E-state index contributed by atoms with van der Waals surface area (Å²) in [4.78, 5) is 28.2. The summed E-state index contributed by atoms with van der Waals surface area (Å²) in [7, 11) is 1.64. The number of hydrogen-bond acceptors (Lipinski definition) is 3. The van der Waals surface area contributed by atoms with Gasteiger partial charge in [0.05, 0.1) is 17.7 Å². The zero-order valence-corrected chi connectivity index (χ0v) is 19.0. The van der Waals surface area contributed by atoms with Crippen molar-refractivity contribution in [3.05, 3.63) is 77.6 Å². The Labute approximate surface area is 189 Å². The van der Waals surface area contributed by atoms with Crippen molar-refractivity contribution in [3.8, 4) is 5.75 Å². The normalized spacial score (nSPS) is 23.7. The van der Waals surface area contributed by atoms with Crippen LogP contribution < -0.4 is 10.1 Å². The Balaban J connectivity index is 1.99. The largest absolute Gasteiger partial charge is 0.490 e. The number of carbonyl (C=O) groups is 2. The number of ether oxygens (including phenoxy) is 1. The Morgan fingerprint density at radius 3 is 2.38 bits per heavy atom. The molecule has 5 nitrogen and oxygen atoms in total. The summed E-state index contributed by atoms with van der Waals surface area (Å²) in [6, 6.07) is 12.2. The average Bonchev–Trinajstić information content (AvgIpc) is 2.75. The topological polar surface area (TPSA) is 58.6 Å². The van der Waals surface area contributed by atoms with Gasteiger partial charge in [-0.15, -0.1) is 0 Å². The van der Waals surface area contributed by atoms with Crippen molar-refractivity contribution in [2.75, 3.05) is 7.05 Å². The van der Waals surface area contributed by atoms with Gasteiger partial charge >= 0.3 is 0 Å². The summed E-state index contributed by atoms with van der Waals surface area (Å²) in [5.41, 5.74) is 1.24. The third-order valence-electron chi connectivity index (χ3n) is 5.68. The fourth-order valence-corrected chi connectivity index (χ4v) is 4.00. The van der Waals surface area contributed by atoms with Crippen LogP contribution in [0.5, 0.6) is 5.75 Å². The van der Waals surface area contributed by atoms with Crippen LogP contribution in [0, 0.1) is 11.7 Å². The molecule has 0 aliphatic carbocycles. The molecule has 0 saturated carbocycles. The second-order valence-corrected chi connectivity index (χ2v) is 8.59. The molecule has 32 heavy (non-hydrogen) atoms. The van der Waals surface area contributed by atoms with Gasteiger partial charge in [-0.1, -0.05) is 50.3 Å². The zero-order chi connectivity index (χ0) is 23.3. The van der Waals surface area contributed by atoms with Crippen LogP contribution >= 0.6 is 0 Å². The number of nitrogens with one attached hydrogen (secondary N) is 1. The monoisotopic (exact) mass is 438 g/mol. The van der Waals surface area contributed by atoms with Crippen LogP contribution in [0.3, 0.4) is 0 Å². The van der Waals surface area contributed by atoms with E-state index in [1.165, 1.54) is 17.0 Å². The minimum atomic E-state index is -0.678. The molecule has 0 bridgehead atoms. The molecule has 2 aromatic carbocycles. The molecule has 0 fully saturated rings. The number of halogens is 1. The standard InChI is InChI=1S/C26H31FN2O3/c1-17(2)24-25(30)28-22(19-13-15-20(27)16-14-19)11-7-5-9-18(3)32-23-12-8-6-10-21(23)26(31)29(24)4/h5-8,10,12-18,22,24H,9,11H2,1-4H3,(H,28,30)/b7-5-/t18-,22-,24-/m0/s1. The highest BCUT2D eigenvalue weighted by molar-refractivity contribution is 5.99. The van der Waals surface area contributed by atoms with E-state index in [1.54, 1.807) is 37.4 Å². The molecule has 2 aromatic rings. The number of likely N-dealkylation sites (N-methyl/N-ethyl adjacent to an activating group) is 1. The molecule has 2 amide bonds. The summed E-state index contributed by atoms with van der Waals surface area (Å²) < 4.78 is 19.5. The van der Waals surface area contributed by atoms with Crippen LogP contribution in [-0.4, -0.2) is 35.9 Å². The van der Waals surface area contributed by atoms with Crippen LogP contribution in [0.15, 0.2) is 60.7 Å². The number of amides is 2. The van der Waals surface area contributed by atoms with Gasteiger partial charge in [-0.05, 0) is 49.1 Å². The average molecular weight is 439 g/mol. The fraction of sp³-hybridized carbons (Fsp3) is 0.385. The second-order valence-electron chi connectivity index (χ2n) is 8.59. The number of fused-ring (bicyclic) bond motifs is 1. The lowest BCUT2D eigenvalue weighted by molar-refractivity contribution is -0.127. The summed E-state index contributed by atoms with van der Waals surface area (Å²) >= 11 is 0. The minimum absolute atomic E-state index is 0.117. The van der Waals surface area contributed by atoms with E-state index in [-0.39, 0.29) is 35.7 Å². The number of carbonyl (C=O) groups excluding carboxylic acids is 2. The molecule has 1 heterocycles. The molecule has 0 spiro atoms. The first-order valence-corrected chi connectivity index (χ1v) is 11.0. The van der Waals surface area contributed by atoms with Crippen molar-refractivity contribution < 1.29 is 18.7 Å². The molecule has 6 heteroatoms. The van der Waals surface area contributed by atoms with E-state index < -0.39 is 6.04 Å². The predicted octanol–water partition coefficient (Wildman–Crippen LogP) is 4.90. The molecule has 3 atom stereocenters. The highest BCUT2D eigenvalue weighted by Crippen LogP contribution is 2.25. The first-order chi connectivity index (χ1) is 15.3. The Bertz CT molecular complexity index is 971. The summed E-state index contributed by atoms with van der Waals surface area (Å²) in [5, 5.41) is 3.09. The highest BCUT2D eigenvalue weighted by Gasteiger charge is 2.33. The van der Waals surface area contributed by atoms with Crippen molar-refractivity contribution in [3.63, 3.8) is 0 Å². The Kier molecular flexibility index (Phi) is 7.67. The molecule has 170 valence electrons. The summed E-state index contributed by atoms with van der Waals surface area (Å²) in [6.07, 6.45) is 5.08. The van der Waals surface area contributed by atoms with Gasteiger partial charge < -0.3 is 15.0 Å². The van der Waals surface area contributed by atoms with E-state index >= 15 is 0 Å². The third-order valence-corrected chi connectivity index (χ3v) is 5.68. The molecule has 0 unspecified atom stereocenters. The minimum Gasteiger partial charge on any atom is -0.490 e. The highest BCUT2D eigenvalue weighted by atomic mass is 19.1. The molecule has 0 aromatic heterocycles. The number of para-hydroxylation sites is 1. The van der Waals surface area contributed by atoms with Gasteiger partial charge in [0.15, 0.2) is 0 Å². The van der Waals surface area contributed by atoms with Crippen molar-refractivity contribution >= 4 is 11.8 Å². The third kappa shape index (κ3) is 5.55. The van der Waals surface area contributed by atoms with E-state index in [2.05, 4.69) is 5.32 Å². The quantitative estimate of drug-likeness (QED) is 0.679. The van der Waals surface area contributed by atoms with Crippen molar-refractivity contribution in [2.45, 2.75) is 51.8 Å². The molecule has 1 aliphatic heterocycles. The van der Waals surface area contributed by atoms with E-state index in [9.17, 15) is 14.0 Å². The SMILES string of the molecule is CC(C)[C@H]1C(=O)N[C@H](c2ccc(F)cc2)C/C=C\C[C@H](C)Oc2ccccc2C(=O)N1C. The first kappa shape index (κ1) is 23.5. The Morgan fingerprint density at radius 2 is 1.69 bits per heavy atom. The van der Waals surface area contributed by atoms with Crippen LogP contribution in [-0.2, 0) is 4.79 Å². The fourth-order valence-electron chi connectivity index (χ4n) is 4.00. The second kappa shape index (κ2) is 10.4. The molecule has 3 rings (SSSR count). The van der Waals surface area contributed by atoms with Gasteiger partial charge in [0.1, 0.15) is 17.6 Å². The van der Waals surface area contributed by atoms with Crippen LogP contribution in [0.2, 0.25) is 0 Å².